The van der Waals surface area contributed by atoms with Crippen molar-refractivity contribution in [2.75, 3.05) is 6.61 Å². The van der Waals surface area contributed by atoms with Gasteiger partial charge in [0, 0.05) is 12.6 Å². The van der Waals surface area contributed by atoms with E-state index in [4.69, 9.17) is 5.11 Å². The SMILES string of the molecule is Cc1ccccc1CN[C@H](C)CO. The fourth-order valence-electron chi connectivity index (χ4n) is 1.16. The number of aliphatic hydroxyl groups excluding tert-OH is 1. The summed E-state index contributed by atoms with van der Waals surface area (Å²) in [6.45, 7) is 5.08. The number of hydrogen-bond donors (Lipinski definition) is 2. The van der Waals surface area contributed by atoms with Crippen LogP contribution in [-0.2, 0) is 6.54 Å². The van der Waals surface area contributed by atoms with Crippen molar-refractivity contribution in [2.45, 2.75) is 26.4 Å². The van der Waals surface area contributed by atoms with Gasteiger partial charge in [-0.2, -0.15) is 0 Å². The Balaban J connectivity index is 2.50. The fraction of sp³-hybridized carbons (Fsp3) is 0.455. The molecule has 2 heteroatoms. The second-order valence-corrected chi connectivity index (χ2v) is 3.39. The van der Waals surface area contributed by atoms with Gasteiger partial charge in [-0.3, -0.25) is 0 Å². The highest BCUT2D eigenvalue weighted by atomic mass is 16.3. The molecule has 0 unspecified atom stereocenters. The number of benzene rings is 1. The number of aryl methyl sites for hydroxylation is 1. The molecular weight excluding hydrogens is 162 g/mol. The van der Waals surface area contributed by atoms with E-state index in [1.807, 2.05) is 19.1 Å². The molecule has 13 heavy (non-hydrogen) atoms. The molecule has 2 N–H and O–H groups in total. The van der Waals surface area contributed by atoms with Gasteiger partial charge in [0.15, 0.2) is 0 Å². The van der Waals surface area contributed by atoms with Crippen molar-refractivity contribution in [1.29, 1.82) is 0 Å². The Labute approximate surface area is 79.6 Å². The summed E-state index contributed by atoms with van der Waals surface area (Å²) >= 11 is 0. The maximum absolute atomic E-state index is 8.82. The van der Waals surface area contributed by atoms with E-state index in [9.17, 15) is 0 Å². The minimum atomic E-state index is 0.166. The van der Waals surface area contributed by atoms with Crippen molar-refractivity contribution >= 4 is 0 Å². The summed E-state index contributed by atoms with van der Waals surface area (Å²) in [4.78, 5) is 0. The van der Waals surface area contributed by atoms with E-state index in [2.05, 4.69) is 24.4 Å². The summed E-state index contributed by atoms with van der Waals surface area (Å²) in [7, 11) is 0. The van der Waals surface area contributed by atoms with Crippen molar-refractivity contribution in [2.24, 2.45) is 0 Å². The molecule has 0 aliphatic rings. The number of nitrogens with one attached hydrogen (secondary N) is 1. The third-order valence-electron chi connectivity index (χ3n) is 2.18. The molecule has 2 nitrogen and oxygen atoms in total. The second-order valence-electron chi connectivity index (χ2n) is 3.39. The Morgan fingerprint density at radius 2 is 2.08 bits per heavy atom. The Bertz CT molecular complexity index is 260. The normalized spacial score (nSPS) is 12.8. The van der Waals surface area contributed by atoms with Crippen molar-refractivity contribution in [1.82, 2.24) is 5.32 Å². The maximum Gasteiger partial charge on any atom is 0.0582 e. The summed E-state index contributed by atoms with van der Waals surface area (Å²) in [5.74, 6) is 0. The number of rotatable bonds is 4. The number of hydrogen-bond acceptors (Lipinski definition) is 2. The molecule has 1 aromatic rings. The quantitative estimate of drug-likeness (QED) is 0.733. The molecule has 0 aromatic heterocycles. The largest absolute Gasteiger partial charge is 0.395 e. The van der Waals surface area contributed by atoms with Crippen LogP contribution in [0, 0.1) is 6.92 Å². The predicted molar refractivity (Wildman–Crippen MR) is 54.6 cm³/mol. The van der Waals surface area contributed by atoms with Crippen LogP contribution in [0.3, 0.4) is 0 Å². The monoisotopic (exact) mass is 179 g/mol. The van der Waals surface area contributed by atoms with Gasteiger partial charge in [0.25, 0.3) is 0 Å². The van der Waals surface area contributed by atoms with Crippen LogP contribution in [0.4, 0.5) is 0 Å². The molecule has 0 bridgehead atoms. The molecule has 0 saturated carbocycles. The Hall–Kier alpha value is -0.860. The van der Waals surface area contributed by atoms with Gasteiger partial charge in [-0.1, -0.05) is 24.3 Å². The minimum Gasteiger partial charge on any atom is -0.395 e. The lowest BCUT2D eigenvalue weighted by molar-refractivity contribution is 0.251. The van der Waals surface area contributed by atoms with Crippen molar-refractivity contribution < 1.29 is 5.11 Å². The van der Waals surface area contributed by atoms with Crippen LogP contribution in [0.2, 0.25) is 0 Å². The molecule has 1 aromatic carbocycles. The van der Waals surface area contributed by atoms with E-state index in [-0.39, 0.29) is 12.6 Å². The van der Waals surface area contributed by atoms with Crippen molar-refractivity contribution in [3.8, 4) is 0 Å². The van der Waals surface area contributed by atoms with E-state index >= 15 is 0 Å². The number of aliphatic hydroxyl groups is 1. The average Bonchev–Trinajstić information content (AvgIpc) is 2.16. The van der Waals surface area contributed by atoms with E-state index < -0.39 is 0 Å². The molecule has 0 spiro atoms. The molecule has 0 radical (unpaired) electrons. The molecule has 0 aliphatic heterocycles. The molecular formula is C11H17NO. The zero-order chi connectivity index (χ0) is 9.68. The Morgan fingerprint density at radius 1 is 1.38 bits per heavy atom. The van der Waals surface area contributed by atoms with Gasteiger partial charge < -0.3 is 10.4 Å². The lowest BCUT2D eigenvalue weighted by atomic mass is 10.1. The first-order chi connectivity index (χ1) is 6.24. The smallest absolute Gasteiger partial charge is 0.0582 e. The highest BCUT2D eigenvalue weighted by Gasteiger charge is 2.00. The highest BCUT2D eigenvalue weighted by molar-refractivity contribution is 5.25. The zero-order valence-corrected chi connectivity index (χ0v) is 8.25. The van der Waals surface area contributed by atoms with E-state index in [0.717, 1.165) is 6.54 Å². The molecule has 0 heterocycles. The molecule has 0 fully saturated rings. The molecule has 72 valence electrons. The highest BCUT2D eigenvalue weighted by Crippen LogP contribution is 2.06. The molecule has 0 amide bonds. The summed E-state index contributed by atoms with van der Waals surface area (Å²) in [6.07, 6.45) is 0. The molecule has 0 saturated heterocycles. The Kier molecular flexibility index (Phi) is 3.93. The van der Waals surface area contributed by atoms with Gasteiger partial charge in [-0.25, -0.2) is 0 Å². The van der Waals surface area contributed by atoms with Crippen LogP contribution in [0.15, 0.2) is 24.3 Å². The minimum absolute atomic E-state index is 0.166. The van der Waals surface area contributed by atoms with E-state index in [1.165, 1.54) is 11.1 Å². The zero-order valence-electron chi connectivity index (χ0n) is 8.25. The molecule has 1 rings (SSSR count). The van der Waals surface area contributed by atoms with Crippen LogP contribution in [0.25, 0.3) is 0 Å². The van der Waals surface area contributed by atoms with Gasteiger partial charge in [0.1, 0.15) is 0 Å². The summed E-state index contributed by atoms with van der Waals surface area (Å²) in [5.41, 5.74) is 2.59. The van der Waals surface area contributed by atoms with Gasteiger partial charge in [-0.15, -0.1) is 0 Å². The van der Waals surface area contributed by atoms with Crippen LogP contribution in [0.1, 0.15) is 18.1 Å². The first-order valence-corrected chi connectivity index (χ1v) is 4.62. The van der Waals surface area contributed by atoms with Crippen LogP contribution in [0.5, 0.6) is 0 Å². The molecule has 0 aliphatic carbocycles. The van der Waals surface area contributed by atoms with Crippen molar-refractivity contribution in [3.63, 3.8) is 0 Å². The predicted octanol–water partition coefficient (Wildman–Crippen LogP) is 1.47. The maximum atomic E-state index is 8.82. The van der Waals surface area contributed by atoms with Crippen LogP contribution >= 0.6 is 0 Å². The fourth-order valence-corrected chi connectivity index (χ4v) is 1.16. The average molecular weight is 179 g/mol. The van der Waals surface area contributed by atoms with Gasteiger partial charge >= 0.3 is 0 Å². The van der Waals surface area contributed by atoms with Gasteiger partial charge in [-0.05, 0) is 25.0 Å². The lowest BCUT2D eigenvalue weighted by Crippen LogP contribution is -2.28. The first kappa shape index (κ1) is 10.2. The van der Waals surface area contributed by atoms with E-state index in [0.29, 0.717) is 0 Å². The summed E-state index contributed by atoms with van der Waals surface area (Å²) < 4.78 is 0. The van der Waals surface area contributed by atoms with Crippen LogP contribution in [-0.4, -0.2) is 17.8 Å². The Morgan fingerprint density at radius 3 is 2.69 bits per heavy atom. The lowest BCUT2D eigenvalue weighted by Gasteiger charge is -2.11. The molecule has 1 atom stereocenters. The van der Waals surface area contributed by atoms with Gasteiger partial charge in [0.05, 0.1) is 6.61 Å². The van der Waals surface area contributed by atoms with Gasteiger partial charge in [0.2, 0.25) is 0 Å². The van der Waals surface area contributed by atoms with E-state index in [1.54, 1.807) is 0 Å². The van der Waals surface area contributed by atoms with Crippen molar-refractivity contribution in [3.05, 3.63) is 35.4 Å². The summed E-state index contributed by atoms with van der Waals surface area (Å²) in [5, 5.41) is 12.1. The third kappa shape index (κ3) is 3.17. The third-order valence-corrected chi connectivity index (χ3v) is 2.18. The standard InChI is InChI=1S/C11H17NO/c1-9-5-3-4-6-11(9)7-12-10(2)8-13/h3-6,10,12-13H,7-8H2,1-2H3/t10-/m1/s1. The van der Waals surface area contributed by atoms with Crippen LogP contribution < -0.4 is 5.32 Å². The first-order valence-electron chi connectivity index (χ1n) is 4.62. The topological polar surface area (TPSA) is 32.3 Å². The summed E-state index contributed by atoms with van der Waals surface area (Å²) in [6, 6.07) is 8.44. The second kappa shape index (κ2) is 5.00.